The van der Waals surface area contributed by atoms with E-state index in [4.69, 9.17) is 16.3 Å². The summed E-state index contributed by atoms with van der Waals surface area (Å²) in [6.45, 7) is 5.15. The van der Waals surface area contributed by atoms with Crippen molar-refractivity contribution in [3.05, 3.63) is 99.5 Å². The van der Waals surface area contributed by atoms with Gasteiger partial charge in [0, 0.05) is 10.6 Å². The van der Waals surface area contributed by atoms with Crippen molar-refractivity contribution in [3.63, 3.8) is 0 Å². The predicted octanol–water partition coefficient (Wildman–Crippen LogP) is 5.07. The third-order valence-electron chi connectivity index (χ3n) is 5.17. The number of ether oxygens (including phenoxy) is 1. The van der Waals surface area contributed by atoms with Crippen molar-refractivity contribution < 1.29 is 24.2 Å². The van der Waals surface area contributed by atoms with Crippen LogP contribution >= 0.6 is 22.9 Å². The molecule has 1 aromatic heterocycles. The molecule has 3 aromatic rings. The molecule has 1 atom stereocenters. The fraction of sp³-hybridized carbons (Fsp3) is 0.120. The summed E-state index contributed by atoms with van der Waals surface area (Å²) < 4.78 is 5.10. The van der Waals surface area contributed by atoms with Gasteiger partial charge in [-0.25, -0.2) is 9.78 Å². The molecule has 1 saturated heterocycles. The number of Topliss-reactive ketones (excluding diaryl/α,β-unsaturated/α-hetero) is 1. The number of aromatic nitrogens is 1. The van der Waals surface area contributed by atoms with Gasteiger partial charge in [-0.05, 0) is 24.6 Å². The number of aryl methyl sites for hydroxylation is 1. The molecule has 0 unspecified atom stereocenters. The van der Waals surface area contributed by atoms with Crippen LogP contribution in [0.15, 0.2) is 72.8 Å². The number of ketones is 1. The van der Waals surface area contributed by atoms with Gasteiger partial charge in [-0.15, -0.1) is 0 Å². The van der Waals surface area contributed by atoms with Gasteiger partial charge >= 0.3 is 11.9 Å². The van der Waals surface area contributed by atoms with Crippen LogP contribution in [0.5, 0.6) is 0 Å². The second-order valence-corrected chi connectivity index (χ2v) is 8.80. The highest BCUT2D eigenvalue weighted by atomic mass is 35.5. The molecule has 1 fully saturated rings. The second kappa shape index (κ2) is 9.62. The number of hydrogen-bond acceptors (Lipinski definition) is 7. The van der Waals surface area contributed by atoms with Crippen LogP contribution < -0.4 is 4.90 Å². The van der Waals surface area contributed by atoms with Crippen molar-refractivity contribution in [1.29, 1.82) is 0 Å². The Hall–Kier alpha value is -3.75. The summed E-state index contributed by atoms with van der Waals surface area (Å²) in [5.74, 6) is -2.66. The lowest BCUT2D eigenvalue weighted by atomic mass is 9.95. The zero-order chi connectivity index (χ0) is 24.4. The van der Waals surface area contributed by atoms with Gasteiger partial charge in [0.25, 0.3) is 5.78 Å². The van der Waals surface area contributed by atoms with E-state index >= 15 is 0 Å². The first-order valence-corrected chi connectivity index (χ1v) is 11.4. The molecule has 1 aliphatic rings. The molecule has 0 radical (unpaired) electrons. The fourth-order valence-corrected chi connectivity index (χ4v) is 4.83. The summed E-state index contributed by atoms with van der Waals surface area (Å²) >= 11 is 7.13. The molecule has 1 amide bonds. The number of anilines is 1. The Morgan fingerprint density at radius 2 is 1.97 bits per heavy atom. The van der Waals surface area contributed by atoms with Crippen LogP contribution in [0.4, 0.5) is 5.13 Å². The van der Waals surface area contributed by atoms with E-state index in [2.05, 4.69) is 11.6 Å². The highest BCUT2D eigenvalue weighted by molar-refractivity contribution is 7.17. The number of aliphatic hydroxyl groups is 1. The smallest absolute Gasteiger partial charge is 0.350 e. The molecule has 2 heterocycles. The van der Waals surface area contributed by atoms with E-state index in [1.54, 1.807) is 61.5 Å². The van der Waals surface area contributed by atoms with Crippen molar-refractivity contribution in [1.82, 2.24) is 4.98 Å². The highest BCUT2D eigenvalue weighted by Crippen LogP contribution is 2.44. The van der Waals surface area contributed by atoms with Crippen LogP contribution in [0.2, 0.25) is 5.02 Å². The maximum absolute atomic E-state index is 13.2. The van der Waals surface area contributed by atoms with Crippen molar-refractivity contribution in [2.24, 2.45) is 0 Å². The minimum Gasteiger partial charge on any atom is -0.507 e. The number of thiazole rings is 1. The number of halogens is 1. The van der Waals surface area contributed by atoms with Crippen LogP contribution in [-0.2, 0) is 14.3 Å². The lowest BCUT2D eigenvalue weighted by Gasteiger charge is -2.23. The van der Waals surface area contributed by atoms with Gasteiger partial charge in [0.1, 0.15) is 17.2 Å². The molecule has 0 aliphatic carbocycles. The number of hydrogen-bond donors (Lipinski definition) is 1. The number of amides is 1. The van der Waals surface area contributed by atoms with Gasteiger partial charge in [0.05, 0.1) is 17.3 Å². The number of esters is 1. The summed E-state index contributed by atoms with van der Waals surface area (Å²) in [6.07, 6.45) is 1.44. The SMILES string of the molecule is C=CCOC(=O)c1sc(N2C(=O)C(=O)C(=C(O)c3ccccc3)[C@@H]2c2cccc(Cl)c2)nc1C. The Morgan fingerprint density at radius 1 is 1.24 bits per heavy atom. The summed E-state index contributed by atoms with van der Waals surface area (Å²) in [4.78, 5) is 44.6. The Kier molecular flexibility index (Phi) is 6.63. The number of rotatable bonds is 6. The molecule has 9 heteroatoms. The van der Waals surface area contributed by atoms with Crippen molar-refractivity contribution in [2.45, 2.75) is 13.0 Å². The average molecular weight is 495 g/mol. The van der Waals surface area contributed by atoms with Crippen molar-refractivity contribution in [2.75, 3.05) is 11.5 Å². The molecule has 34 heavy (non-hydrogen) atoms. The minimum absolute atomic E-state index is 0.0234. The number of benzene rings is 2. The van der Waals surface area contributed by atoms with Crippen LogP contribution in [-0.4, -0.2) is 34.4 Å². The first-order chi connectivity index (χ1) is 16.3. The molecule has 0 bridgehead atoms. The normalized spacial score (nSPS) is 17.1. The Labute approximate surface area is 204 Å². The Bertz CT molecular complexity index is 1330. The fourth-order valence-electron chi connectivity index (χ4n) is 3.65. The van der Waals surface area contributed by atoms with Crippen LogP contribution in [0.1, 0.15) is 32.5 Å². The van der Waals surface area contributed by atoms with Gasteiger partial charge in [-0.3, -0.25) is 14.5 Å². The predicted molar refractivity (Wildman–Crippen MR) is 130 cm³/mol. The van der Waals surface area contributed by atoms with E-state index < -0.39 is 23.7 Å². The van der Waals surface area contributed by atoms with Crippen LogP contribution in [0, 0.1) is 6.92 Å². The standard InChI is InChI=1S/C25H19ClN2O5S/c1-3-12-33-24(32)22-14(2)27-25(34-22)28-19(16-10-7-11-17(26)13-16)18(21(30)23(28)31)20(29)15-8-5-4-6-9-15/h3-11,13,19,29H,1,12H2,2H3/t19-/m0/s1. The Balaban J connectivity index is 1.89. The summed E-state index contributed by atoms with van der Waals surface area (Å²) in [5, 5.41) is 11.6. The molecule has 2 aromatic carbocycles. The zero-order valence-electron chi connectivity index (χ0n) is 18.0. The topological polar surface area (TPSA) is 96.8 Å². The van der Waals surface area contributed by atoms with Crippen molar-refractivity contribution >= 4 is 51.5 Å². The number of carbonyl (C=O) groups is 3. The van der Waals surface area contributed by atoms with E-state index in [1.807, 2.05) is 0 Å². The quantitative estimate of drug-likeness (QED) is 0.169. The lowest BCUT2D eigenvalue weighted by Crippen LogP contribution is -2.29. The number of nitrogens with zero attached hydrogens (tertiary/aromatic N) is 2. The zero-order valence-corrected chi connectivity index (χ0v) is 19.6. The van der Waals surface area contributed by atoms with Crippen molar-refractivity contribution in [3.8, 4) is 0 Å². The lowest BCUT2D eigenvalue weighted by molar-refractivity contribution is -0.132. The molecule has 7 nitrogen and oxygen atoms in total. The summed E-state index contributed by atoms with van der Waals surface area (Å²) in [5.41, 5.74) is 1.15. The monoisotopic (exact) mass is 494 g/mol. The van der Waals surface area contributed by atoms with E-state index in [0.717, 1.165) is 11.3 Å². The first-order valence-electron chi connectivity index (χ1n) is 10.2. The molecule has 0 saturated carbocycles. The third-order valence-corrected chi connectivity index (χ3v) is 6.54. The number of carbonyl (C=O) groups excluding carboxylic acids is 3. The average Bonchev–Trinajstić information content (AvgIpc) is 3.34. The van der Waals surface area contributed by atoms with Gasteiger partial charge in [0.2, 0.25) is 0 Å². The molecule has 172 valence electrons. The van der Waals surface area contributed by atoms with E-state index in [0.29, 0.717) is 21.8 Å². The molecule has 0 spiro atoms. The largest absolute Gasteiger partial charge is 0.507 e. The first kappa shape index (κ1) is 23.4. The van der Waals surface area contributed by atoms with Gasteiger partial charge in [0.15, 0.2) is 5.13 Å². The second-order valence-electron chi connectivity index (χ2n) is 7.39. The molecule has 1 N–H and O–H groups in total. The van der Waals surface area contributed by atoms with Crippen LogP contribution in [0.3, 0.4) is 0 Å². The summed E-state index contributed by atoms with van der Waals surface area (Å²) in [6, 6.07) is 14.1. The number of aliphatic hydroxyl groups excluding tert-OH is 1. The third kappa shape index (κ3) is 4.25. The van der Waals surface area contributed by atoms with E-state index in [9.17, 15) is 19.5 Å². The van der Waals surface area contributed by atoms with E-state index in [1.165, 1.54) is 11.0 Å². The molecular formula is C25H19ClN2O5S. The highest BCUT2D eigenvalue weighted by Gasteiger charge is 2.48. The van der Waals surface area contributed by atoms with Gasteiger partial charge in [-0.2, -0.15) is 0 Å². The van der Waals surface area contributed by atoms with Gasteiger partial charge in [-0.1, -0.05) is 78.1 Å². The molecule has 1 aliphatic heterocycles. The molecular weight excluding hydrogens is 476 g/mol. The molecule has 4 rings (SSSR count). The summed E-state index contributed by atoms with van der Waals surface area (Å²) in [7, 11) is 0. The Morgan fingerprint density at radius 3 is 2.65 bits per heavy atom. The maximum Gasteiger partial charge on any atom is 0.350 e. The maximum atomic E-state index is 13.2. The van der Waals surface area contributed by atoms with Crippen LogP contribution in [0.25, 0.3) is 5.76 Å². The minimum atomic E-state index is -0.999. The van der Waals surface area contributed by atoms with E-state index in [-0.39, 0.29) is 27.9 Å². The van der Waals surface area contributed by atoms with Gasteiger partial charge < -0.3 is 9.84 Å².